The van der Waals surface area contributed by atoms with Gasteiger partial charge in [0.15, 0.2) is 0 Å². The average Bonchev–Trinajstić information content (AvgIpc) is 2.57. The van der Waals surface area contributed by atoms with Gasteiger partial charge in [-0.2, -0.15) is 0 Å². The van der Waals surface area contributed by atoms with Crippen molar-refractivity contribution in [3.8, 4) is 0 Å². The van der Waals surface area contributed by atoms with Crippen molar-refractivity contribution in [1.29, 1.82) is 0 Å². The topological polar surface area (TPSA) is 3.24 Å². The fourth-order valence-electron chi connectivity index (χ4n) is 3.17. The Morgan fingerprint density at radius 2 is 1.93 bits per heavy atom. The molecule has 2 unspecified atom stereocenters. The molecule has 0 spiro atoms. The van der Waals surface area contributed by atoms with Gasteiger partial charge < -0.3 is 4.90 Å². The summed E-state index contributed by atoms with van der Waals surface area (Å²) in [4.78, 5) is 2.51. The normalized spacial score (nSPS) is 30.0. The first-order valence-corrected chi connectivity index (χ1v) is 6.71. The summed E-state index contributed by atoms with van der Waals surface area (Å²) in [7, 11) is 2.27. The fourth-order valence-corrected chi connectivity index (χ4v) is 3.17. The third-order valence-corrected chi connectivity index (χ3v) is 4.54. The molecule has 1 rings (SSSR count). The van der Waals surface area contributed by atoms with Crippen molar-refractivity contribution in [3.63, 3.8) is 0 Å². The van der Waals surface area contributed by atoms with Crippen molar-refractivity contribution in [2.24, 2.45) is 17.3 Å². The molecular weight excluding hydrogens is 182 g/mol. The van der Waals surface area contributed by atoms with E-state index < -0.39 is 0 Å². The van der Waals surface area contributed by atoms with Crippen molar-refractivity contribution in [1.82, 2.24) is 4.90 Å². The van der Waals surface area contributed by atoms with Crippen molar-refractivity contribution in [2.45, 2.75) is 53.4 Å². The summed E-state index contributed by atoms with van der Waals surface area (Å²) in [5.74, 6) is 1.78. The molecule has 0 aromatic carbocycles. The molecule has 15 heavy (non-hydrogen) atoms. The molecule has 0 bridgehead atoms. The Kier molecular flexibility index (Phi) is 4.64. The van der Waals surface area contributed by atoms with Crippen LogP contribution in [0.2, 0.25) is 0 Å². The number of hydrogen-bond donors (Lipinski definition) is 0. The van der Waals surface area contributed by atoms with Crippen LogP contribution in [0.4, 0.5) is 0 Å². The smallest absolute Gasteiger partial charge is 0.00354 e. The third-order valence-electron chi connectivity index (χ3n) is 4.54. The van der Waals surface area contributed by atoms with Gasteiger partial charge in [0.2, 0.25) is 0 Å². The van der Waals surface area contributed by atoms with Crippen LogP contribution in [-0.2, 0) is 0 Å². The average molecular weight is 211 g/mol. The van der Waals surface area contributed by atoms with Crippen molar-refractivity contribution in [2.75, 3.05) is 20.1 Å². The van der Waals surface area contributed by atoms with Gasteiger partial charge >= 0.3 is 0 Å². The zero-order valence-corrected chi connectivity index (χ0v) is 11.3. The predicted molar refractivity (Wildman–Crippen MR) is 68.1 cm³/mol. The molecular formula is C14H29N. The van der Waals surface area contributed by atoms with E-state index in [9.17, 15) is 0 Å². The molecule has 1 nitrogen and oxygen atoms in total. The van der Waals surface area contributed by atoms with Crippen molar-refractivity contribution >= 4 is 0 Å². The standard InChI is InChI=1S/C14H29N/c1-6-13(12(3)4)10-14(7-2)8-9-15(5)11-14/h12-13H,6-11H2,1-5H3. The van der Waals surface area contributed by atoms with Crippen LogP contribution in [-0.4, -0.2) is 25.0 Å². The Hall–Kier alpha value is -0.0400. The lowest BCUT2D eigenvalue weighted by atomic mass is 9.73. The van der Waals surface area contributed by atoms with E-state index in [0.717, 1.165) is 11.8 Å². The van der Waals surface area contributed by atoms with E-state index in [2.05, 4.69) is 39.6 Å². The lowest BCUT2D eigenvalue weighted by Gasteiger charge is -2.33. The summed E-state index contributed by atoms with van der Waals surface area (Å²) < 4.78 is 0. The monoisotopic (exact) mass is 211 g/mol. The summed E-state index contributed by atoms with van der Waals surface area (Å²) in [6, 6.07) is 0. The van der Waals surface area contributed by atoms with Crippen LogP contribution >= 0.6 is 0 Å². The van der Waals surface area contributed by atoms with E-state index in [1.54, 1.807) is 0 Å². The molecule has 0 aromatic heterocycles. The zero-order chi connectivity index (χ0) is 11.5. The van der Waals surface area contributed by atoms with E-state index in [1.165, 1.54) is 38.8 Å². The van der Waals surface area contributed by atoms with Crippen LogP contribution in [0.25, 0.3) is 0 Å². The molecule has 0 aromatic rings. The molecule has 0 amide bonds. The Morgan fingerprint density at radius 1 is 1.27 bits per heavy atom. The van der Waals surface area contributed by atoms with Gasteiger partial charge in [-0.1, -0.05) is 34.1 Å². The molecule has 90 valence electrons. The highest BCUT2D eigenvalue weighted by molar-refractivity contribution is 4.89. The second kappa shape index (κ2) is 5.34. The fraction of sp³-hybridized carbons (Fsp3) is 1.00. The highest BCUT2D eigenvalue weighted by Gasteiger charge is 2.36. The molecule has 0 aliphatic carbocycles. The minimum Gasteiger partial charge on any atom is -0.306 e. The van der Waals surface area contributed by atoms with Crippen molar-refractivity contribution in [3.05, 3.63) is 0 Å². The largest absolute Gasteiger partial charge is 0.306 e. The molecule has 1 saturated heterocycles. The molecule has 1 heteroatoms. The number of likely N-dealkylation sites (tertiary alicyclic amines) is 1. The molecule has 1 aliphatic rings. The van der Waals surface area contributed by atoms with Crippen molar-refractivity contribution < 1.29 is 0 Å². The molecule has 0 saturated carbocycles. The van der Waals surface area contributed by atoms with Crippen LogP contribution in [0.15, 0.2) is 0 Å². The first-order chi connectivity index (χ1) is 7.03. The number of nitrogens with zero attached hydrogens (tertiary/aromatic N) is 1. The second-order valence-electron chi connectivity index (χ2n) is 5.96. The first kappa shape index (κ1) is 13.0. The zero-order valence-electron chi connectivity index (χ0n) is 11.3. The lowest BCUT2D eigenvalue weighted by molar-refractivity contribution is 0.176. The summed E-state index contributed by atoms with van der Waals surface area (Å²) in [5, 5.41) is 0. The molecule has 2 atom stereocenters. The Labute approximate surface area is 96.2 Å². The van der Waals surface area contributed by atoms with E-state index in [1.807, 2.05) is 0 Å². The minimum absolute atomic E-state index is 0.639. The predicted octanol–water partition coefficient (Wildman–Crippen LogP) is 3.79. The summed E-state index contributed by atoms with van der Waals surface area (Å²) in [6.07, 6.45) is 5.58. The van der Waals surface area contributed by atoms with E-state index in [4.69, 9.17) is 0 Å². The van der Waals surface area contributed by atoms with Gasteiger partial charge in [0.1, 0.15) is 0 Å². The molecule has 1 aliphatic heterocycles. The quantitative estimate of drug-likeness (QED) is 0.669. The van der Waals surface area contributed by atoms with Crippen LogP contribution in [0.5, 0.6) is 0 Å². The highest BCUT2D eigenvalue weighted by Crippen LogP contribution is 2.41. The minimum atomic E-state index is 0.639. The summed E-state index contributed by atoms with van der Waals surface area (Å²) >= 11 is 0. The maximum atomic E-state index is 2.51. The molecule has 1 fully saturated rings. The highest BCUT2D eigenvalue weighted by atomic mass is 15.1. The van der Waals surface area contributed by atoms with Gasteiger partial charge in [-0.05, 0) is 50.1 Å². The van der Waals surface area contributed by atoms with Gasteiger partial charge in [0, 0.05) is 6.54 Å². The second-order valence-corrected chi connectivity index (χ2v) is 5.96. The van der Waals surface area contributed by atoms with E-state index >= 15 is 0 Å². The Morgan fingerprint density at radius 3 is 2.27 bits per heavy atom. The molecule has 1 heterocycles. The summed E-state index contributed by atoms with van der Waals surface area (Å²) in [6.45, 7) is 12.1. The third kappa shape index (κ3) is 3.21. The maximum absolute atomic E-state index is 2.51. The van der Waals surface area contributed by atoms with Gasteiger partial charge in [-0.3, -0.25) is 0 Å². The SMILES string of the molecule is CCC(CC1(CC)CCN(C)C1)C(C)C. The van der Waals surface area contributed by atoms with Crippen LogP contribution in [0, 0.1) is 17.3 Å². The number of hydrogen-bond acceptors (Lipinski definition) is 1. The molecule has 0 N–H and O–H groups in total. The molecule has 0 radical (unpaired) electrons. The lowest BCUT2D eigenvalue weighted by Crippen LogP contribution is -2.28. The maximum Gasteiger partial charge on any atom is 0.00354 e. The van der Waals surface area contributed by atoms with Crippen LogP contribution in [0.3, 0.4) is 0 Å². The van der Waals surface area contributed by atoms with Crippen LogP contribution in [0.1, 0.15) is 53.4 Å². The first-order valence-electron chi connectivity index (χ1n) is 6.71. The number of rotatable bonds is 5. The summed E-state index contributed by atoms with van der Waals surface area (Å²) in [5.41, 5.74) is 0.639. The van der Waals surface area contributed by atoms with Crippen LogP contribution < -0.4 is 0 Å². The Bertz CT molecular complexity index is 188. The van der Waals surface area contributed by atoms with Gasteiger partial charge in [-0.15, -0.1) is 0 Å². The van der Waals surface area contributed by atoms with E-state index in [0.29, 0.717) is 5.41 Å². The van der Waals surface area contributed by atoms with Gasteiger partial charge in [-0.25, -0.2) is 0 Å². The Balaban J connectivity index is 2.59. The van der Waals surface area contributed by atoms with Gasteiger partial charge in [0.25, 0.3) is 0 Å². The van der Waals surface area contributed by atoms with E-state index in [-0.39, 0.29) is 0 Å². The van der Waals surface area contributed by atoms with Gasteiger partial charge in [0.05, 0.1) is 0 Å².